The lowest BCUT2D eigenvalue weighted by molar-refractivity contribution is -0.650. The van der Waals surface area contributed by atoms with Gasteiger partial charge in [0, 0.05) is 11.8 Å². The standard InChI is InChI=1S/C20H19N5O/c1-3-24-17-12-8-7-11-16(17)21-20(24)25-18(13-14(2)23-25)22-19(26)15-9-5-4-6-10-15/h4-13H,3H2,1-2H3,(H,22,23,26)/p+1. The molecule has 6 heteroatoms. The van der Waals surface area contributed by atoms with E-state index in [0.29, 0.717) is 11.4 Å². The van der Waals surface area contributed by atoms with E-state index in [1.54, 1.807) is 12.1 Å². The molecule has 2 heterocycles. The van der Waals surface area contributed by atoms with Gasteiger partial charge in [0.2, 0.25) is 5.82 Å². The molecule has 0 fully saturated rings. The maximum atomic E-state index is 12.6. The molecule has 0 aliphatic heterocycles. The highest BCUT2D eigenvalue weighted by Crippen LogP contribution is 2.17. The van der Waals surface area contributed by atoms with E-state index in [1.165, 1.54) is 0 Å². The Hall–Kier alpha value is -3.41. The Morgan fingerprint density at radius 1 is 1.15 bits per heavy atom. The summed E-state index contributed by atoms with van der Waals surface area (Å²) in [4.78, 5) is 17.3. The van der Waals surface area contributed by atoms with Gasteiger partial charge in [0.05, 0.1) is 12.1 Å². The number of nitrogens with one attached hydrogen (secondary N) is 2. The topological polar surface area (TPSA) is 66.6 Å². The summed E-state index contributed by atoms with van der Waals surface area (Å²) in [7, 11) is 0. The molecule has 130 valence electrons. The van der Waals surface area contributed by atoms with Crippen LogP contribution in [0.3, 0.4) is 0 Å². The molecule has 0 bridgehead atoms. The van der Waals surface area contributed by atoms with Gasteiger partial charge in [0.15, 0.2) is 5.52 Å². The van der Waals surface area contributed by atoms with Crippen LogP contribution in [0.25, 0.3) is 17.0 Å². The van der Waals surface area contributed by atoms with Crippen LogP contribution in [-0.4, -0.2) is 20.6 Å². The highest BCUT2D eigenvalue weighted by Gasteiger charge is 2.24. The molecule has 0 radical (unpaired) electrons. The van der Waals surface area contributed by atoms with E-state index in [-0.39, 0.29) is 5.91 Å². The number of aryl methyl sites for hydroxylation is 2. The Labute approximate surface area is 151 Å². The fraction of sp³-hybridized carbons (Fsp3) is 0.150. The second-order valence-corrected chi connectivity index (χ2v) is 6.12. The van der Waals surface area contributed by atoms with Crippen molar-refractivity contribution < 1.29 is 9.48 Å². The van der Waals surface area contributed by atoms with Crippen molar-refractivity contribution in [1.29, 1.82) is 0 Å². The lowest BCUT2D eigenvalue weighted by atomic mass is 10.2. The summed E-state index contributed by atoms with van der Waals surface area (Å²) >= 11 is 0. The van der Waals surface area contributed by atoms with E-state index in [9.17, 15) is 4.79 Å². The number of fused-ring (bicyclic) bond motifs is 1. The summed E-state index contributed by atoms with van der Waals surface area (Å²) in [6.07, 6.45) is 0. The van der Waals surface area contributed by atoms with Gasteiger partial charge in [-0.1, -0.05) is 30.3 Å². The molecule has 26 heavy (non-hydrogen) atoms. The van der Waals surface area contributed by atoms with Gasteiger partial charge in [-0.15, -0.1) is 9.67 Å². The number of anilines is 1. The van der Waals surface area contributed by atoms with Crippen LogP contribution < -0.4 is 10.00 Å². The molecule has 0 spiro atoms. The number of hydrogen-bond acceptors (Lipinski definition) is 2. The lowest BCUT2D eigenvalue weighted by Crippen LogP contribution is -2.40. The van der Waals surface area contributed by atoms with Gasteiger partial charge < -0.3 is 0 Å². The number of amides is 1. The molecule has 0 unspecified atom stereocenters. The molecular weight excluding hydrogens is 326 g/mol. The second-order valence-electron chi connectivity index (χ2n) is 6.12. The number of carbonyl (C=O) groups excluding carboxylic acids is 1. The van der Waals surface area contributed by atoms with Crippen LogP contribution in [0.4, 0.5) is 5.82 Å². The molecule has 0 saturated carbocycles. The number of nitrogens with zero attached hydrogens (tertiary/aromatic N) is 3. The smallest absolute Gasteiger partial charge is 0.258 e. The number of aromatic amines is 1. The molecule has 0 aliphatic carbocycles. The summed E-state index contributed by atoms with van der Waals surface area (Å²) in [5, 5.41) is 6.25. The molecule has 2 N–H and O–H groups in total. The van der Waals surface area contributed by atoms with Gasteiger partial charge in [-0.3, -0.25) is 15.2 Å². The average Bonchev–Trinajstić information content (AvgIpc) is 3.21. The van der Waals surface area contributed by atoms with Crippen LogP contribution in [0.2, 0.25) is 0 Å². The molecular formula is C20H20N5O+. The first-order valence-corrected chi connectivity index (χ1v) is 8.61. The number of imidazole rings is 1. The highest BCUT2D eigenvalue weighted by molar-refractivity contribution is 6.03. The summed E-state index contributed by atoms with van der Waals surface area (Å²) in [6, 6.07) is 19.1. The molecule has 1 amide bonds. The first kappa shape index (κ1) is 16.1. The van der Waals surface area contributed by atoms with Gasteiger partial charge in [0.25, 0.3) is 5.91 Å². The van der Waals surface area contributed by atoms with Crippen molar-refractivity contribution in [2.75, 3.05) is 5.32 Å². The molecule has 4 rings (SSSR count). The third-order valence-electron chi connectivity index (χ3n) is 4.31. The Kier molecular flexibility index (Phi) is 4.01. The summed E-state index contributed by atoms with van der Waals surface area (Å²) < 4.78 is 3.93. The summed E-state index contributed by atoms with van der Waals surface area (Å²) in [5.74, 6) is 1.24. The minimum absolute atomic E-state index is 0.155. The van der Waals surface area contributed by atoms with Crippen LogP contribution in [0, 0.1) is 6.92 Å². The number of carbonyl (C=O) groups is 1. The Morgan fingerprint density at radius 2 is 1.88 bits per heavy atom. The zero-order chi connectivity index (χ0) is 18.1. The third kappa shape index (κ3) is 2.75. The first-order valence-electron chi connectivity index (χ1n) is 8.61. The Morgan fingerprint density at radius 3 is 2.65 bits per heavy atom. The van der Waals surface area contributed by atoms with Crippen molar-refractivity contribution in [3.63, 3.8) is 0 Å². The zero-order valence-electron chi connectivity index (χ0n) is 14.7. The second kappa shape index (κ2) is 6.48. The Balaban J connectivity index is 1.78. The van der Waals surface area contributed by atoms with Crippen molar-refractivity contribution in [3.8, 4) is 5.95 Å². The number of H-pyrrole nitrogens is 1. The van der Waals surface area contributed by atoms with Crippen LogP contribution >= 0.6 is 0 Å². The predicted octanol–water partition coefficient (Wildman–Crippen LogP) is 3.22. The lowest BCUT2D eigenvalue weighted by Gasteiger charge is -2.04. The van der Waals surface area contributed by atoms with E-state index in [1.807, 2.05) is 60.1 Å². The van der Waals surface area contributed by atoms with Crippen LogP contribution in [-0.2, 0) is 6.54 Å². The quantitative estimate of drug-likeness (QED) is 0.557. The first-order chi connectivity index (χ1) is 12.7. The highest BCUT2D eigenvalue weighted by atomic mass is 16.1. The van der Waals surface area contributed by atoms with Gasteiger partial charge in [-0.25, -0.2) is 4.57 Å². The maximum absolute atomic E-state index is 12.6. The normalized spacial score (nSPS) is 11.0. The molecule has 6 nitrogen and oxygen atoms in total. The molecule has 0 atom stereocenters. The SMILES string of the molecule is CCn1c(-[n+]2[nH]c(C)cc2NC(=O)c2ccccc2)nc2ccccc21. The maximum Gasteiger partial charge on any atom is 0.377 e. The van der Waals surface area contributed by atoms with Crippen molar-refractivity contribution in [2.24, 2.45) is 0 Å². The van der Waals surface area contributed by atoms with Crippen molar-refractivity contribution >= 4 is 22.8 Å². The average molecular weight is 346 g/mol. The number of hydrogen-bond donors (Lipinski definition) is 2. The van der Waals surface area contributed by atoms with Gasteiger partial charge in [-0.2, -0.15) is 0 Å². The number of para-hydroxylation sites is 2. The monoisotopic (exact) mass is 346 g/mol. The number of aromatic nitrogens is 4. The summed E-state index contributed by atoms with van der Waals surface area (Å²) in [5.41, 5.74) is 3.53. The predicted molar refractivity (Wildman–Crippen MR) is 100 cm³/mol. The third-order valence-corrected chi connectivity index (χ3v) is 4.31. The van der Waals surface area contributed by atoms with Crippen LogP contribution in [0.5, 0.6) is 0 Å². The largest absolute Gasteiger partial charge is 0.377 e. The fourth-order valence-corrected chi connectivity index (χ4v) is 3.11. The molecule has 4 aromatic rings. The van der Waals surface area contributed by atoms with E-state index < -0.39 is 0 Å². The minimum atomic E-state index is -0.155. The number of benzene rings is 2. The molecule has 2 aromatic carbocycles. The van der Waals surface area contributed by atoms with E-state index >= 15 is 0 Å². The van der Waals surface area contributed by atoms with Crippen molar-refractivity contribution in [1.82, 2.24) is 14.6 Å². The van der Waals surface area contributed by atoms with Crippen molar-refractivity contribution in [2.45, 2.75) is 20.4 Å². The fourth-order valence-electron chi connectivity index (χ4n) is 3.11. The van der Waals surface area contributed by atoms with E-state index in [2.05, 4.69) is 21.9 Å². The van der Waals surface area contributed by atoms with Crippen molar-refractivity contribution in [3.05, 3.63) is 71.9 Å². The van der Waals surface area contributed by atoms with E-state index in [4.69, 9.17) is 4.98 Å². The van der Waals surface area contributed by atoms with Gasteiger partial charge in [-0.05, 0) is 38.1 Å². The minimum Gasteiger partial charge on any atom is -0.258 e. The summed E-state index contributed by atoms with van der Waals surface area (Å²) in [6.45, 7) is 4.80. The van der Waals surface area contributed by atoms with Gasteiger partial charge in [0.1, 0.15) is 5.52 Å². The molecule has 0 saturated heterocycles. The zero-order valence-corrected chi connectivity index (χ0v) is 14.7. The van der Waals surface area contributed by atoms with Gasteiger partial charge >= 0.3 is 5.95 Å². The van der Waals surface area contributed by atoms with E-state index in [0.717, 1.165) is 29.2 Å². The molecule has 2 aromatic heterocycles. The number of rotatable bonds is 4. The van der Waals surface area contributed by atoms with Crippen LogP contribution in [0.1, 0.15) is 23.0 Å². The Bertz CT molecular complexity index is 1080. The molecule has 0 aliphatic rings. The van der Waals surface area contributed by atoms with Crippen LogP contribution in [0.15, 0.2) is 60.7 Å².